The van der Waals surface area contributed by atoms with Crippen LogP contribution >= 0.6 is 0 Å². The van der Waals surface area contributed by atoms with Crippen LogP contribution in [0, 0.1) is 11.3 Å². The molecule has 0 unspecified atom stereocenters. The summed E-state index contributed by atoms with van der Waals surface area (Å²) in [5.41, 5.74) is 2.70. The van der Waals surface area contributed by atoms with Crippen molar-refractivity contribution in [3.05, 3.63) is 60.3 Å². The summed E-state index contributed by atoms with van der Waals surface area (Å²) in [7, 11) is -3.58. The smallest absolute Gasteiger partial charge is 0.240 e. The summed E-state index contributed by atoms with van der Waals surface area (Å²) in [5.74, 6) is 0.949. The van der Waals surface area contributed by atoms with E-state index < -0.39 is 10.0 Å². The van der Waals surface area contributed by atoms with Gasteiger partial charge in [0.1, 0.15) is 5.82 Å². The highest BCUT2D eigenvalue weighted by molar-refractivity contribution is 7.89. The third-order valence-corrected chi connectivity index (χ3v) is 5.89. The van der Waals surface area contributed by atoms with Gasteiger partial charge < -0.3 is 10.6 Å². The van der Waals surface area contributed by atoms with Crippen LogP contribution in [-0.4, -0.2) is 31.5 Å². The molecule has 0 atom stereocenters. The number of hydrogen-bond donors (Lipinski definition) is 3. The summed E-state index contributed by atoms with van der Waals surface area (Å²) in [6.07, 6.45) is 2.26. The molecule has 0 saturated heterocycles. The van der Waals surface area contributed by atoms with Gasteiger partial charge in [-0.3, -0.25) is 0 Å². The molecule has 4 rings (SSSR count). The van der Waals surface area contributed by atoms with E-state index in [0.717, 1.165) is 11.1 Å². The lowest BCUT2D eigenvalue weighted by Gasteiger charge is -2.13. The average Bonchev–Trinajstić information content (AvgIpc) is 2.74. The number of hydrogen-bond acceptors (Lipinski definition) is 7. The minimum atomic E-state index is -3.58. The van der Waals surface area contributed by atoms with Crippen LogP contribution in [0.25, 0.3) is 11.1 Å². The molecule has 2 aromatic carbocycles. The lowest BCUT2D eigenvalue weighted by Crippen LogP contribution is -2.26. The van der Waals surface area contributed by atoms with E-state index in [1.165, 1.54) is 0 Å². The first-order chi connectivity index (χ1) is 14.0. The molecule has 0 saturated carbocycles. The van der Waals surface area contributed by atoms with E-state index in [0.29, 0.717) is 42.5 Å². The van der Waals surface area contributed by atoms with E-state index in [9.17, 15) is 13.7 Å². The van der Waals surface area contributed by atoms with Crippen molar-refractivity contribution in [2.75, 3.05) is 23.7 Å². The Balaban J connectivity index is 1.76. The van der Waals surface area contributed by atoms with Crippen molar-refractivity contribution in [2.24, 2.45) is 0 Å². The normalized spacial score (nSPS) is 15.4. The van der Waals surface area contributed by atoms with Gasteiger partial charge in [-0.1, -0.05) is 18.2 Å². The Hall–Kier alpha value is -3.48. The Morgan fingerprint density at radius 3 is 2.79 bits per heavy atom. The van der Waals surface area contributed by atoms with Crippen molar-refractivity contribution in [1.29, 1.82) is 5.26 Å². The number of aromatic nitrogens is 2. The lowest BCUT2D eigenvalue weighted by molar-refractivity contribution is 0.580. The van der Waals surface area contributed by atoms with Crippen molar-refractivity contribution >= 4 is 27.5 Å². The molecule has 1 aliphatic rings. The maximum atomic E-state index is 12.4. The van der Waals surface area contributed by atoms with Crippen LogP contribution < -0.4 is 15.4 Å². The fraction of sp³-hybridized carbons (Fsp3) is 0.150. The van der Waals surface area contributed by atoms with Gasteiger partial charge in [-0.2, -0.15) is 10.2 Å². The third kappa shape index (κ3) is 4.18. The number of anilines is 3. The lowest BCUT2D eigenvalue weighted by atomic mass is 10.1. The highest BCUT2D eigenvalue weighted by atomic mass is 32.2. The van der Waals surface area contributed by atoms with E-state index in [4.69, 9.17) is 0 Å². The van der Waals surface area contributed by atoms with Crippen LogP contribution in [0.1, 0.15) is 12.0 Å². The molecule has 0 aliphatic carbocycles. The molecule has 4 bridgehead atoms. The van der Waals surface area contributed by atoms with Crippen LogP contribution in [-0.2, 0) is 10.0 Å². The quantitative estimate of drug-likeness (QED) is 0.568. The zero-order valence-electron chi connectivity index (χ0n) is 15.4. The second kappa shape index (κ2) is 7.87. The highest BCUT2D eigenvalue weighted by Crippen LogP contribution is 2.28. The molecule has 8 nitrogen and oxygen atoms in total. The van der Waals surface area contributed by atoms with E-state index in [1.54, 1.807) is 42.6 Å². The van der Waals surface area contributed by atoms with Crippen LogP contribution in [0.3, 0.4) is 0 Å². The molecule has 0 spiro atoms. The van der Waals surface area contributed by atoms with Gasteiger partial charge >= 0.3 is 0 Å². The molecule has 1 aromatic heterocycles. The standard InChI is InChI=1S/C20H18N6O2S/c21-12-14-4-1-5-15(10-14)18-13-23-20-25-16-6-2-7-17(11-16)29(27,28)24-9-3-8-22-19(18)26-20/h1-2,4-7,10-11,13,24H,3,8-9H2,(H2,22,23,25,26). The van der Waals surface area contributed by atoms with Crippen LogP contribution in [0.2, 0.25) is 0 Å². The topological polar surface area (TPSA) is 120 Å². The second-order valence-corrected chi connectivity index (χ2v) is 8.25. The van der Waals surface area contributed by atoms with Crippen molar-refractivity contribution in [1.82, 2.24) is 14.7 Å². The minimum absolute atomic E-state index is 0.180. The molecule has 9 heteroatoms. The predicted octanol–water partition coefficient (Wildman–Crippen LogP) is 2.85. The summed E-state index contributed by atoms with van der Waals surface area (Å²) in [6, 6.07) is 15.9. The molecular weight excluding hydrogens is 388 g/mol. The zero-order valence-corrected chi connectivity index (χ0v) is 16.2. The molecule has 0 amide bonds. The Labute approximate surface area is 168 Å². The van der Waals surface area contributed by atoms with Gasteiger partial charge in [0.15, 0.2) is 0 Å². The second-order valence-electron chi connectivity index (χ2n) is 6.48. The number of nitriles is 1. The third-order valence-electron chi connectivity index (χ3n) is 4.43. The molecule has 146 valence electrons. The summed E-state index contributed by atoms with van der Waals surface area (Å²) in [5, 5.41) is 15.5. The summed E-state index contributed by atoms with van der Waals surface area (Å²) in [4.78, 5) is 9.12. The predicted molar refractivity (Wildman–Crippen MR) is 110 cm³/mol. The number of sulfonamides is 1. The summed E-state index contributed by atoms with van der Waals surface area (Å²) in [6.45, 7) is 0.811. The van der Waals surface area contributed by atoms with Crippen molar-refractivity contribution in [3.8, 4) is 17.2 Å². The van der Waals surface area contributed by atoms with Gasteiger partial charge in [0.05, 0.1) is 16.5 Å². The van der Waals surface area contributed by atoms with Gasteiger partial charge in [0.2, 0.25) is 16.0 Å². The number of nitrogens with one attached hydrogen (secondary N) is 3. The molecule has 1 aliphatic heterocycles. The van der Waals surface area contributed by atoms with Crippen molar-refractivity contribution in [2.45, 2.75) is 11.3 Å². The number of fused-ring (bicyclic) bond motifs is 4. The monoisotopic (exact) mass is 406 g/mol. The van der Waals surface area contributed by atoms with Gasteiger partial charge in [0.25, 0.3) is 0 Å². The largest absolute Gasteiger partial charge is 0.369 e. The van der Waals surface area contributed by atoms with Gasteiger partial charge in [-0.15, -0.1) is 0 Å². The number of rotatable bonds is 1. The van der Waals surface area contributed by atoms with Crippen molar-refractivity contribution < 1.29 is 8.42 Å². The van der Waals surface area contributed by atoms with Gasteiger partial charge in [-0.25, -0.2) is 18.1 Å². The summed E-state index contributed by atoms with van der Waals surface area (Å²) >= 11 is 0. The molecule has 0 radical (unpaired) electrons. The van der Waals surface area contributed by atoms with E-state index >= 15 is 0 Å². The molecule has 2 heterocycles. The fourth-order valence-electron chi connectivity index (χ4n) is 3.00. The Bertz CT molecular complexity index is 1200. The SMILES string of the molecule is N#Cc1cccc(-c2cnc3nc2NCCCNS(=O)(=O)c2cccc(c2)N3)c1. The maximum Gasteiger partial charge on any atom is 0.240 e. The molecule has 3 N–H and O–H groups in total. The average molecular weight is 406 g/mol. The van der Waals surface area contributed by atoms with Crippen LogP contribution in [0.4, 0.5) is 17.5 Å². The van der Waals surface area contributed by atoms with E-state index in [2.05, 4.69) is 31.4 Å². The van der Waals surface area contributed by atoms with Gasteiger partial charge in [-0.05, 0) is 42.3 Å². The van der Waals surface area contributed by atoms with E-state index in [1.807, 2.05) is 12.1 Å². The molecule has 29 heavy (non-hydrogen) atoms. The molecule has 0 fully saturated rings. The summed E-state index contributed by atoms with van der Waals surface area (Å²) < 4.78 is 27.5. The Morgan fingerprint density at radius 1 is 1.07 bits per heavy atom. The Morgan fingerprint density at radius 2 is 1.93 bits per heavy atom. The van der Waals surface area contributed by atoms with E-state index in [-0.39, 0.29) is 4.90 Å². The maximum absolute atomic E-state index is 12.4. The minimum Gasteiger partial charge on any atom is -0.369 e. The van der Waals surface area contributed by atoms with Crippen LogP contribution in [0.15, 0.2) is 59.6 Å². The molecular formula is C20H18N6O2S. The number of benzene rings is 2. The van der Waals surface area contributed by atoms with Crippen molar-refractivity contribution in [3.63, 3.8) is 0 Å². The zero-order chi connectivity index (χ0) is 20.3. The first kappa shape index (κ1) is 18.9. The highest BCUT2D eigenvalue weighted by Gasteiger charge is 2.16. The first-order valence-electron chi connectivity index (χ1n) is 9.03. The fourth-order valence-corrected chi connectivity index (χ4v) is 4.12. The molecule has 3 aromatic rings. The number of nitrogens with zero attached hydrogens (tertiary/aromatic N) is 3. The first-order valence-corrected chi connectivity index (χ1v) is 10.5. The van der Waals surface area contributed by atoms with Crippen LogP contribution in [0.5, 0.6) is 0 Å². The van der Waals surface area contributed by atoms with Gasteiger partial charge in [0, 0.05) is 30.5 Å². The Kier molecular flexibility index (Phi) is 5.12.